The van der Waals surface area contributed by atoms with Crippen LogP contribution in [0.15, 0.2) is 22.4 Å². The van der Waals surface area contributed by atoms with Crippen LogP contribution < -0.4 is 0 Å². The molecule has 0 fully saturated rings. The van der Waals surface area contributed by atoms with Gasteiger partial charge in [0.2, 0.25) is 5.88 Å². The lowest BCUT2D eigenvalue weighted by Gasteiger charge is -1.91. The Bertz CT molecular complexity index is 152. The zero-order chi connectivity index (χ0) is 7.82. The third-order valence-electron chi connectivity index (χ3n) is 0.670. The lowest BCUT2D eigenvalue weighted by Crippen LogP contribution is -1.80. The van der Waals surface area contributed by atoms with Crippen molar-refractivity contribution >= 4 is 12.7 Å². The van der Waals surface area contributed by atoms with Crippen molar-refractivity contribution in [2.75, 3.05) is 14.2 Å². The molecule has 4 nitrogen and oxygen atoms in total. The molecular formula is C6H10N2O2. The largest absolute Gasteiger partial charge is 0.486 e. The minimum atomic E-state index is 0.313. The van der Waals surface area contributed by atoms with Crippen LogP contribution in [-0.2, 0) is 9.47 Å². The first-order chi connectivity index (χ1) is 4.81. The Balaban J connectivity index is 3.55. The lowest BCUT2D eigenvalue weighted by molar-refractivity contribution is 0.291. The summed E-state index contributed by atoms with van der Waals surface area (Å²) in [6, 6.07) is 0. The maximum atomic E-state index is 4.62. The van der Waals surface area contributed by atoms with Crippen LogP contribution in [0.4, 0.5) is 0 Å². The summed E-state index contributed by atoms with van der Waals surface area (Å²) in [5.41, 5.74) is 0. The monoisotopic (exact) mass is 142 g/mol. The van der Waals surface area contributed by atoms with Gasteiger partial charge < -0.3 is 9.47 Å². The van der Waals surface area contributed by atoms with E-state index in [0.29, 0.717) is 5.88 Å². The summed E-state index contributed by atoms with van der Waals surface area (Å²) in [4.78, 5) is 7.26. The van der Waals surface area contributed by atoms with Crippen LogP contribution in [0.3, 0.4) is 0 Å². The average molecular weight is 142 g/mol. The Morgan fingerprint density at radius 2 is 2.20 bits per heavy atom. The van der Waals surface area contributed by atoms with Crippen LogP contribution in [0.5, 0.6) is 0 Å². The van der Waals surface area contributed by atoms with Crippen LogP contribution in [0, 0.1) is 0 Å². The van der Waals surface area contributed by atoms with Gasteiger partial charge in [-0.25, -0.2) is 9.98 Å². The van der Waals surface area contributed by atoms with Crippen molar-refractivity contribution in [3.8, 4) is 0 Å². The topological polar surface area (TPSA) is 43.2 Å². The number of aliphatic imine (C=N–C) groups is 2. The normalized spacial score (nSPS) is 10.6. The van der Waals surface area contributed by atoms with Gasteiger partial charge in [-0.05, 0) is 6.58 Å². The molecule has 0 aromatic rings. The van der Waals surface area contributed by atoms with E-state index in [4.69, 9.17) is 0 Å². The standard InChI is InChI=1S/C6H10N2O2/c1-6(10-3)8-4-7-5-9-2/h4-5H,1H2,2-3H3. The summed E-state index contributed by atoms with van der Waals surface area (Å²) in [6.07, 6.45) is 2.54. The molecule has 0 aromatic carbocycles. The van der Waals surface area contributed by atoms with Gasteiger partial charge in [-0.3, -0.25) is 0 Å². The van der Waals surface area contributed by atoms with Crippen LogP contribution in [-0.4, -0.2) is 27.0 Å². The van der Waals surface area contributed by atoms with Gasteiger partial charge in [-0.1, -0.05) is 0 Å². The van der Waals surface area contributed by atoms with E-state index in [1.54, 1.807) is 0 Å². The SMILES string of the molecule is C=C(N=CN=COC)OC. The van der Waals surface area contributed by atoms with E-state index in [0.717, 1.165) is 0 Å². The summed E-state index contributed by atoms with van der Waals surface area (Å²) in [7, 11) is 2.99. The highest BCUT2D eigenvalue weighted by atomic mass is 16.5. The number of ether oxygens (including phenoxy) is 2. The number of hydrogen-bond acceptors (Lipinski definition) is 3. The summed E-state index contributed by atoms with van der Waals surface area (Å²) in [5.74, 6) is 0.313. The predicted molar refractivity (Wildman–Crippen MR) is 40.1 cm³/mol. The number of rotatable bonds is 4. The number of methoxy groups -OCH3 is 2. The molecule has 0 unspecified atom stereocenters. The third kappa shape index (κ3) is 4.83. The fourth-order valence-electron chi connectivity index (χ4n) is 0.239. The third-order valence-corrected chi connectivity index (χ3v) is 0.670. The van der Waals surface area contributed by atoms with Crippen LogP contribution >= 0.6 is 0 Å². The average Bonchev–Trinajstić information content (AvgIpc) is 1.98. The molecule has 0 spiro atoms. The Labute approximate surface area is 59.9 Å². The van der Waals surface area contributed by atoms with E-state index >= 15 is 0 Å². The molecule has 0 amide bonds. The van der Waals surface area contributed by atoms with Gasteiger partial charge >= 0.3 is 0 Å². The molecule has 0 aromatic heterocycles. The minimum Gasteiger partial charge on any atom is -0.486 e. The maximum Gasteiger partial charge on any atom is 0.206 e. The van der Waals surface area contributed by atoms with Gasteiger partial charge in [0.1, 0.15) is 6.34 Å². The molecule has 0 aliphatic carbocycles. The fourth-order valence-corrected chi connectivity index (χ4v) is 0.239. The number of nitrogens with zero attached hydrogens (tertiary/aromatic N) is 2. The summed E-state index contributed by atoms with van der Waals surface area (Å²) in [6.45, 7) is 3.44. The molecule has 10 heavy (non-hydrogen) atoms. The van der Waals surface area contributed by atoms with Crippen molar-refractivity contribution in [2.24, 2.45) is 9.98 Å². The first kappa shape index (κ1) is 8.68. The highest BCUT2D eigenvalue weighted by molar-refractivity contribution is 5.68. The van der Waals surface area contributed by atoms with Crippen molar-refractivity contribution in [3.63, 3.8) is 0 Å². The zero-order valence-electron chi connectivity index (χ0n) is 6.07. The second kappa shape index (κ2) is 5.81. The van der Waals surface area contributed by atoms with Crippen LogP contribution in [0.2, 0.25) is 0 Å². The predicted octanol–water partition coefficient (Wildman–Crippen LogP) is 0.807. The molecular weight excluding hydrogens is 132 g/mol. The molecule has 0 N–H and O–H groups in total. The Hall–Kier alpha value is -1.32. The smallest absolute Gasteiger partial charge is 0.206 e. The highest BCUT2D eigenvalue weighted by Gasteiger charge is 1.78. The summed E-state index contributed by atoms with van der Waals surface area (Å²) >= 11 is 0. The molecule has 0 saturated heterocycles. The Morgan fingerprint density at radius 1 is 1.50 bits per heavy atom. The first-order valence-electron chi connectivity index (χ1n) is 2.61. The quantitative estimate of drug-likeness (QED) is 0.331. The highest BCUT2D eigenvalue weighted by Crippen LogP contribution is 1.88. The maximum absolute atomic E-state index is 4.62. The van der Waals surface area contributed by atoms with Crippen molar-refractivity contribution < 1.29 is 9.47 Å². The van der Waals surface area contributed by atoms with Gasteiger partial charge in [0, 0.05) is 0 Å². The molecule has 0 aliphatic rings. The molecule has 4 heteroatoms. The molecule has 0 heterocycles. The molecule has 0 radical (unpaired) electrons. The second-order valence-corrected chi connectivity index (χ2v) is 1.33. The van der Waals surface area contributed by atoms with E-state index in [1.807, 2.05) is 0 Å². The van der Waals surface area contributed by atoms with Crippen LogP contribution in [0.1, 0.15) is 0 Å². The Morgan fingerprint density at radius 3 is 2.70 bits per heavy atom. The molecule has 0 aliphatic heterocycles. The molecule has 56 valence electrons. The van der Waals surface area contributed by atoms with Crippen molar-refractivity contribution in [3.05, 3.63) is 12.5 Å². The first-order valence-corrected chi connectivity index (χ1v) is 2.61. The number of hydrogen-bond donors (Lipinski definition) is 0. The van der Waals surface area contributed by atoms with Gasteiger partial charge in [-0.15, -0.1) is 0 Å². The van der Waals surface area contributed by atoms with E-state index in [2.05, 4.69) is 26.0 Å². The van der Waals surface area contributed by atoms with E-state index in [-0.39, 0.29) is 0 Å². The van der Waals surface area contributed by atoms with Crippen molar-refractivity contribution in [2.45, 2.75) is 0 Å². The van der Waals surface area contributed by atoms with Crippen LogP contribution in [0.25, 0.3) is 0 Å². The van der Waals surface area contributed by atoms with E-state index < -0.39 is 0 Å². The van der Waals surface area contributed by atoms with E-state index in [9.17, 15) is 0 Å². The van der Waals surface area contributed by atoms with Gasteiger partial charge in [0.25, 0.3) is 0 Å². The molecule has 0 saturated carbocycles. The minimum absolute atomic E-state index is 0.313. The van der Waals surface area contributed by atoms with Crippen molar-refractivity contribution in [1.82, 2.24) is 0 Å². The zero-order valence-corrected chi connectivity index (χ0v) is 6.07. The lowest BCUT2D eigenvalue weighted by atomic mass is 10.9. The van der Waals surface area contributed by atoms with Gasteiger partial charge in [0.15, 0.2) is 6.40 Å². The molecule has 0 bridgehead atoms. The fraction of sp³-hybridized carbons (Fsp3) is 0.333. The van der Waals surface area contributed by atoms with Crippen molar-refractivity contribution in [1.29, 1.82) is 0 Å². The van der Waals surface area contributed by atoms with Gasteiger partial charge in [0.05, 0.1) is 14.2 Å². The summed E-state index contributed by atoms with van der Waals surface area (Å²) < 4.78 is 9.13. The molecule has 0 atom stereocenters. The van der Waals surface area contributed by atoms with Gasteiger partial charge in [-0.2, -0.15) is 0 Å². The second-order valence-electron chi connectivity index (χ2n) is 1.33. The Kier molecular flexibility index (Phi) is 5.04. The van der Waals surface area contributed by atoms with E-state index in [1.165, 1.54) is 27.0 Å². The molecule has 0 rings (SSSR count). The summed E-state index contributed by atoms with van der Waals surface area (Å²) in [5, 5.41) is 0.